The first-order valence-electron chi connectivity index (χ1n) is 4.94. The molecule has 2 rings (SSSR count). The standard InChI is InChI=1S/C10H14N2O3S/c1-15-9-6-12(7-9)8-3-4-11-10(5-8)16(2,13)14/h3-5,9H,6-7H2,1-2H3. The van der Waals surface area contributed by atoms with Crippen molar-refractivity contribution in [3.05, 3.63) is 18.3 Å². The minimum absolute atomic E-state index is 0.117. The average Bonchev–Trinajstić information content (AvgIpc) is 2.15. The maximum absolute atomic E-state index is 11.3. The van der Waals surface area contributed by atoms with Gasteiger partial charge in [-0.05, 0) is 12.1 Å². The number of pyridine rings is 1. The monoisotopic (exact) mass is 242 g/mol. The van der Waals surface area contributed by atoms with E-state index in [1.165, 1.54) is 6.20 Å². The second kappa shape index (κ2) is 4.03. The Hall–Kier alpha value is -1.14. The van der Waals surface area contributed by atoms with E-state index in [2.05, 4.69) is 9.88 Å². The van der Waals surface area contributed by atoms with Crippen molar-refractivity contribution in [2.45, 2.75) is 11.1 Å². The normalized spacial score (nSPS) is 17.2. The van der Waals surface area contributed by atoms with Gasteiger partial charge in [-0.2, -0.15) is 0 Å². The summed E-state index contributed by atoms with van der Waals surface area (Å²) in [7, 11) is -1.55. The summed E-state index contributed by atoms with van der Waals surface area (Å²) in [6.45, 7) is 1.59. The molecule has 6 heteroatoms. The van der Waals surface area contributed by atoms with Gasteiger partial charge in [-0.15, -0.1) is 0 Å². The summed E-state index contributed by atoms with van der Waals surface area (Å²) in [6.07, 6.45) is 2.92. The van der Waals surface area contributed by atoms with Crippen LogP contribution in [0.1, 0.15) is 0 Å². The zero-order chi connectivity index (χ0) is 11.8. The maximum atomic E-state index is 11.3. The topological polar surface area (TPSA) is 59.5 Å². The lowest BCUT2D eigenvalue weighted by Gasteiger charge is -2.39. The SMILES string of the molecule is COC1CN(c2ccnc(S(C)(=O)=O)c2)C1. The molecule has 0 spiro atoms. The van der Waals surface area contributed by atoms with Crippen LogP contribution in [0.5, 0.6) is 0 Å². The number of hydrogen-bond donors (Lipinski definition) is 0. The Morgan fingerprint density at radius 3 is 2.75 bits per heavy atom. The van der Waals surface area contributed by atoms with Gasteiger partial charge in [0.15, 0.2) is 14.9 Å². The molecule has 2 heterocycles. The number of nitrogens with zero attached hydrogens (tertiary/aromatic N) is 2. The van der Waals surface area contributed by atoms with Gasteiger partial charge in [0, 0.05) is 38.3 Å². The molecule has 1 aliphatic heterocycles. The molecule has 0 atom stereocenters. The van der Waals surface area contributed by atoms with Crippen LogP contribution in [0.4, 0.5) is 5.69 Å². The highest BCUT2D eigenvalue weighted by atomic mass is 32.2. The first kappa shape index (κ1) is 11.3. The third-order valence-corrected chi connectivity index (χ3v) is 3.63. The Balaban J connectivity index is 2.18. The molecule has 0 N–H and O–H groups in total. The molecule has 1 saturated heterocycles. The number of methoxy groups -OCH3 is 1. The van der Waals surface area contributed by atoms with Crippen molar-refractivity contribution in [1.82, 2.24) is 4.98 Å². The highest BCUT2D eigenvalue weighted by Gasteiger charge is 2.27. The lowest BCUT2D eigenvalue weighted by Crippen LogP contribution is -2.51. The van der Waals surface area contributed by atoms with E-state index in [9.17, 15) is 8.42 Å². The van der Waals surface area contributed by atoms with Crippen LogP contribution in [0.2, 0.25) is 0 Å². The Morgan fingerprint density at radius 2 is 2.19 bits per heavy atom. The molecule has 0 unspecified atom stereocenters. The van der Waals surface area contributed by atoms with Crippen molar-refractivity contribution in [2.24, 2.45) is 0 Å². The van der Waals surface area contributed by atoms with Crippen LogP contribution >= 0.6 is 0 Å². The zero-order valence-corrected chi connectivity index (χ0v) is 10.1. The first-order valence-corrected chi connectivity index (χ1v) is 6.83. The summed E-state index contributed by atoms with van der Waals surface area (Å²) in [4.78, 5) is 5.90. The Labute approximate surface area is 95.0 Å². The minimum atomic E-state index is -3.23. The van der Waals surface area contributed by atoms with Crippen LogP contribution in [0, 0.1) is 0 Å². The molecule has 5 nitrogen and oxygen atoms in total. The van der Waals surface area contributed by atoms with E-state index in [1.54, 1.807) is 19.2 Å². The van der Waals surface area contributed by atoms with Crippen molar-refractivity contribution in [2.75, 3.05) is 31.4 Å². The van der Waals surface area contributed by atoms with Gasteiger partial charge in [-0.1, -0.05) is 0 Å². The summed E-state index contributed by atoms with van der Waals surface area (Å²) >= 11 is 0. The predicted octanol–water partition coefficient (Wildman–Crippen LogP) is 0.320. The fraction of sp³-hybridized carbons (Fsp3) is 0.500. The van der Waals surface area contributed by atoms with Crippen molar-refractivity contribution in [3.63, 3.8) is 0 Å². The molecule has 88 valence electrons. The quantitative estimate of drug-likeness (QED) is 0.764. The second-order valence-electron chi connectivity index (χ2n) is 3.89. The number of aromatic nitrogens is 1. The maximum Gasteiger partial charge on any atom is 0.192 e. The average molecular weight is 242 g/mol. The van der Waals surface area contributed by atoms with E-state index in [-0.39, 0.29) is 11.1 Å². The van der Waals surface area contributed by atoms with Gasteiger partial charge in [0.1, 0.15) is 0 Å². The van der Waals surface area contributed by atoms with Crippen molar-refractivity contribution in [3.8, 4) is 0 Å². The molecule has 0 bridgehead atoms. The van der Waals surface area contributed by atoms with E-state index >= 15 is 0 Å². The van der Waals surface area contributed by atoms with Gasteiger partial charge < -0.3 is 9.64 Å². The molecule has 0 aromatic carbocycles. The van der Waals surface area contributed by atoms with Gasteiger partial charge in [-0.3, -0.25) is 0 Å². The van der Waals surface area contributed by atoms with Crippen LogP contribution in [0.15, 0.2) is 23.4 Å². The molecule has 0 saturated carbocycles. The highest BCUT2D eigenvalue weighted by Crippen LogP contribution is 2.23. The largest absolute Gasteiger partial charge is 0.378 e. The number of ether oxygens (including phenoxy) is 1. The van der Waals surface area contributed by atoms with Gasteiger partial charge in [0.05, 0.1) is 6.10 Å². The molecular formula is C10H14N2O3S. The van der Waals surface area contributed by atoms with E-state index < -0.39 is 9.84 Å². The van der Waals surface area contributed by atoms with Crippen molar-refractivity contribution >= 4 is 15.5 Å². The Morgan fingerprint density at radius 1 is 1.50 bits per heavy atom. The summed E-state index contributed by atoms with van der Waals surface area (Å²) in [5, 5.41) is 0.117. The summed E-state index contributed by atoms with van der Waals surface area (Å²) in [6, 6.07) is 3.40. The molecule has 1 aromatic heterocycles. The molecule has 1 aromatic rings. The first-order chi connectivity index (χ1) is 7.50. The van der Waals surface area contributed by atoms with Crippen LogP contribution in [-0.4, -0.2) is 46.0 Å². The number of rotatable bonds is 3. The van der Waals surface area contributed by atoms with Gasteiger partial charge in [0.2, 0.25) is 0 Å². The fourth-order valence-electron chi connectivity index (χ4n) is 1.60. The van der Waals surface area contributed by atoms with Crippen LogP contribution in [0.3, 0.4) is 0 Å². The lowest BCUT2D eigenvalue weighted by molar-refractivity contribution is 0.0787. The van der Waals surface area contributed by atoms with Gasteiger partial charge in [-0.25, -0.2) is 13.4 Å². The predicted molar refractivity (Wildman–Crippen MR) is 60.4 cm³/mol. The van der Waals surface area contributed by atoms with Gasteiger partial charge in [0.25, 0.3) is 0 Å². The van der Waals surface area contributed by atoms with E-state index in [0.717, 1.165) is 25.0 Å². The lowest BCUT2D eigenvalue weighted by atomic mass is 10.1. The van der Waals surface area contributed by atoms with Gasteiger partial charge >= 0.3 is 0 Å². The minimum Gasteiger partial charge on any atom is -0.378 e. The number of anilines is 1. The molecule has 0 aliphatic carbocycles. The molecule has 1 fully saturated rings. The Kier molecular flexibility index (Phi) is 2.86. The summed E-state index contributed by atoms with van der Waals surface area (Å²) in [5.74, 6) is 0. The third kappa shape index (κ3) is 2.17. The van der Waals surface area contributed by atoms with E-state index in [4.69, 9.17) is 4.74 Å². The second-order valence-corrected chi connectivity index (χ2v) is 5.85. The summed E-state index contributed by atoms with van der Waals surface area (Å²) < 4.78 is 27.8. The third-order valence-electron chi connectivity index (χ3n) is 2.64. The molecule has 0 radical (unpaired) electrons. The highest BCUT2D eigenvalue weighted by molar-refractivity contribution is 7.90. The van der Waals surface area contributed by atoms with E-state index in [1.807, 2.05) is 0 Å². The molecule has 16 heavy (non-hydrogen) atoms. The van der Waals surface area contributed by atoms with Crippen molar-refractivity contribution in [1.29, 1.82) is 0 Å². The number of hydrogen-bond acceptors (Lipinski definition) is 5. The Bertz CT molecular complexity index is 481. The van der Waals surface area contributed by atoms with Crippen LogP contribution in [-0.2, 0) is 14.6 Å². The molecule has 0 amide bonds. The number of sulfone groups is 1. The zero-order valence-electron chi connectivity index (χ0n) is 9.25. The van der Waals surface area contributed by atoms with Crippen LogP contribution in [0.25, 0.3) is 0 Å². The van der Waals surface area contributed by atoms with E-state index in [0.29, 0.717) is 0 Å². The smallest absolute Gasteiger partial charge is 0.192 e. The van der Waals surface area contributed by atoms with Crippen molar-refractivity contribution < 1.29 is 13.2 Å². The van der Waals surface area contributed by atoms with Crippen LogP contribution < -0.4 is 4.90 Å². The molecular weight excluding hydrogens is 228 g/mol. The molecule has 1 aliphatic rings. The fourth-order valence-corrected chi connectivity index (χ4v) is 2.18. The summed E-state index contributed by atoms with van der Waals surface area (Å²) in [5.41, 5.74) is 0.878.